The minimum absolute atomic E-state index is 0.0409. The van der Waals surface area contributed by atoms with Gasteiger partial charge in [-0.3, -0.25) is 4.79 Å². The molecule has 0 bridgehead atoms. The van der Waals surface area contributed by atoms with Crippen molar-refractivity contribution >= 4 is 5.97 Å². The molecule has 2 N–H and O–H groups in total. The van der Waals surface area contributed by atoms with Crippen LogP contribution >= 0.6 is 0 Å². The molecule has 6 rings (SSSR count). The summed E-state index contributed by atoms with van der Waals surface area (Å²) in [4.78, 5) is 11.7. The first-order valence-corrected chi connectivity index (χ1v) is 5.09. The summed E-state index contributed by atoms with van der Waals surface area (Å²) in [5, 5.41) is 0. The zero-order valence-corrected chi connectivity index (χ0v) is 7.36. The van der Waals surface area contributed by atoms with Gasteiger partial charge in [-0.1, -0.05) is 0 Å². The van der Waals surface area contributed by atoms with E-state index in [0.717, 1.165) is 17.8 Å². The summed E-state index contributed by atoms with van der Waals surface area (Å²) < 4.78 is 4.91. The van der Waals surface area contributed by atoms with Gasteiger partial charge in [0.1, 0.15) is 0 Å². The van der Waals surface area contributed by atoms with Gasteiger partial charge in [0, 0.05) is 5.54 Å². The molecule has 0 saturated heterocycles. The molecule has 0 heterocycles. The molecule has 6 fully saturated rings. The van der Waals surface area contributed by atoms with E-state index < -0.39 is 0 Å². The molecule has 0 amide bonds. The molecule has 68 valence electrons. The van der Waals surface area contributed by atoms with Crippen LogP contribution in [-0.2, 0) is 9.53 Å². The van der Waals surface area contributed by atoms with Gasteiger partial charge in [-0.25, -0.2) is 0 Å². The molecule has 0 aromatic rings. The van der Waals surface area contributed by atoms with Crippen molar-refractivity contribution in [2.45, 2.75) is 5.54 Å². The molecule has 3 heteroatoms. The molecular weight excluding hydrogens is 166 g/mol. The highest BCUT2D eigenvalue weighted by atomic mass is 16.5. The summed E-state index contributed by atoms with van der Waals surface area (Å²) in [6.45, 7) is 0. The van der Waals surface area contributed by atoms with Crippen LogP contribution in [0, 0.1) is 40.9 Å². The molecule has 6 aliphatic rings. The average molecular weight is 177 g/mol. The van der Waals surface area contributed by atoms with Gasteiger partial charge in [0.25, 0.3) is 0 Å². The van der Waals surface area contributed by atoms with E-state index in [1.807, 2.05) is 0 Å². The van der Waals surface area contributed by atoms with E-state index in [2.05, 4.69) is 0 Å². The van der Waals surface area contributed by atoms with E-state index in [9.17, 15) is 4.79 Å². The van der Waals surface area contributed by atoms with Gasteiger partial charge in [-0.2, -0.15) is 0 Å². The van der Waals surface area contributed by atoms with Crippen LogP contribution in [0.4, 0.5) is 0 Å². The number of esters is 1. The highest BCUT2D eigenvalue weighted by Crippen LogP contribution is 3.06. The zero-order valence-electron chi connectivity index (χ0n) is 7.36. The quantitative estimate of drug-likeness (QED) is 0.555. The fraction of sp³-hybridized carbons (Fsp3) is 0.900. The Bertz CT molecular complexity index is 370. The number of hydrogen-bond donors (Lipinski definition) is 1. The molecule has 0 spiro atoms. The maximum atomic E-state index is 11.7. The second-order valence-corrected chi connectivity index (χ2v) is 5.59. The third kappa shape index (κ3) is 0.224. The second-order valence-electron chi connectivity index (χ2n) is 5.59. The number of ether oxygens (including phenoxy) is 1. The molecule has 3 nitrogen and oxygen atoms in total. The number of rotatable bonds is 1. The fourth-order valence-electron chi connectivity index (χ4n) is 6.29. The number of nitrogens with two attached hydrogens (primary N) is 1. The van der Waals surface area contributed by atoms with Crippen LogP contribution < -0.4 is 5.73 Å². The molecule has 8 atom stereocenters. The molecule has 13 heavy (non-hydrogen) atoms. The lowest BCUT2D eigenvalue weighted by Gasteiger charge is -3.09. The molecule has 6 saturated carbocycles. The summed E-state index contributed by atoms with van der Waals surface area (Å²) in [5.41, 5.74) is 6.31. The van der Waals surface area contributed by atoms with Crippen molar-refractivity contribution < 1.29 is 9.53 Å². The van der Waals surface area contributed by atoms with E-state index in [-0.39, 0.29) is 16.9 Å². The first kappa shape index (κ1) is 6.02. The lowest BCUT2D eigenvalue weighted by molar-refractivity contribution is -0.604. The number of carbonyl (C=O) groups is 1. The normalized spacial score (nSPS) is 82.0. The summed E-state index contributed by atoms with van der Waals surface area (Å²) >= 11 is 0. The standard InChI is InChI=1S/C10H11NO2/c1-13-8(12)9-4-2-5-3(4)7(9)10(5,11)6(2)9/h2-7H,11H2,1H3/t2-,3?,4?,5?,6+,7?,9?,10?/m0/s1. The van der Waals surface area contributed by atoms with E-state index >= 15 is 0 Å². The van der Waals surface area contributed by atoms with Gasteiger partial charge < -0.3 is 10.5 Å². The second kappa shape index (κ2) is 1.11. The molecule has 0 aliphatic heterocycles. The Morgan fingerprint density at radius 3 is 2.38 bits per heavy atom. The molecule has 6 unspecified atom stereocenters. The van der Waals surface area contributed by atoms with Crippen LogP contribution in [0.5, 0.6) is 0 Å². The van der Waals surface area contributed by atoms with E-state index in [1.165, 1.54) is 7.11 Å². The number of methoxy groups -OCH3 is 1. The Morgan fingerprint density at radius 1 is 1.31 bits per heavy atom. The molecule has 0 radical (unpaired) electrons. The van der Waals surface area contributed by atoms with Crippen LogP contribution in [0.2, 0.25) is 0 Å². The van der Waals surface area contributed by atoms with E-state index in [0.29, 0.717) is 17.8 Å². The third-order valence-corrected chi connectivity index (χ3v) is 6.20. The maximum absolute atomic E-state index is 11.7. The van der Waals surface area contributed by atoms with Gasteiger partial charge in [0.15, 0.2) is 0 Å². The predicted molar refractivity (Wildman–Crippen MR) is 42.3 cm³/mol. The minimum Gasteiger partial charge on any atom is -0.469 e. The van der Waals surface area contributed by atoms with Crippen LogP contribution in [-0.4, -0.2) is 18.6 Å². The van der Waals surface area contributed by atoms with Crippen molar-refractivity contribution in [3.05, 3.63) is 0 Å². The van der Waals surface area contributed by atoms with Gasteiger partial charge in [0.2, 0.25) is 0 Å². The van der Waals surface area contributed by atoms with Crippen LogP contribution in [0.25, 0.3) is 0 Å². The fourth-order valence-corrected chi connectivity index (χ4v) is 6.29. The van der Waals surface area contributed by atoms with Crippen LogP contribution in [0.15, 0.2) is 0 Å². The third-order valence-electron chi connectivity index (χ3n) is 6.20. The lowest BCUT2D eigenvalue weighted by Crippen LogP contribution is -3.16. The van der Waals surface area contributed by atoms with Gasteiger partial charge >= 0.3 is 5.97 Å². The van der Waals surface area contributed by atoms with E-state index in [1.54, 1.807) is 0 Å². The van der Waals surface area contributed by atoms with Crippen LogP contribution in [0.3, 0.4) is 0 Å². The van der Waals surface area contributed by atoms with Crippen molar-refractivity contribution in [1.82, 2.24) is 0 Å². The van der Waals surface area contributed by atoms with Crippen molar-refractivity contribution in [2.75, 3.05) is 7.11 Å². The zero-order chi connectivity index (χ0) is 8.75. The topological polar surface area (TPSA) is 52.3 Å². The van der Waals surface area contributed by atoms with Gasteiger partial charge in [-0.15, -0.1) is 0 Å². The average Bonchev–Trinajstić information content (AvgIpc) is 2.15. The number of hydrogen-bond acceptors (Lipinski definition) is 3. The maximum Gasteiger partial charge on any atom is 0.312 e. The Morgan fingerprint density at radius 2 is 1.92 bits per heavy atom. The molecule has 6 aliphatic carbocycles. The highest BCUT2D eigenvalue weighted by Gasteiger charge is 3.11. The molecule has 0 aromatic carbocycles. The predicted octanol–water partition coefficient (Wildman–Crippen LogP) is -0.392. The van der Waals surface area contributed by atoms with Gasteiger partial charge in [0.05, 0.1) is 12.5 Å². The largest absolute Gasteiger partial charge is 0.469 e. The summed E-state index contributed by atoms with van der Waals surface area (Å²) in [6, 6.07) is 0. The summed E-state index contributed by atoms with van der Waals surface area (Å²) in [6.07, 6.45) is 0. The molecular formula is C10H11NO2. The first-order chi connectivity index (χ1) is 6.21. The van der Waals surface area contributed by atoms with Crippen LogP contribution in [0.1, 0.15) is 0 Å². The Labute approximate surface area is 75.6 Å². The Hall–Kier alpha value is -0.570. The summed E-state index contributed by atoms with van der Waals surface area (Å²) in [5.74, 6) is 4.27. The summed E-state index contributed by atoms with van der Waals surface area (Å²) in [7, 11) is 1.51. The van der Waals surface area contributed by atoms with Crippen molar-refractivity contribution in [1.29, 1.82) is 0 Å². The smallest absolute Gasteiger partial charge is 0.312 e. The Kier molecular flexibility index (Phi) is 0.515. The Balaban J connectivity index is 1.68. The van der Waals surface area contributed by atoms with Gasteiger partial charge in [-0.05, 0) is 35.5 Å². The van der Waals surface area contributed by atoms with Crippen molar-refractivity contribution in [3.63, 3.8) is 0 Å². The molecule has 0 aromatic heterocycles. The number of carbonyl (C=O) groups excluding carboxylic acids is 1. The lowest BCUT2D eigenvalue weighted by atomic mass is 8.94. The van der Waals surface area contributed by atoms with E-state index in [4.69, 9.17) is 10.5 Å². The highest BCUT2D eigenvalue weighted by molar-refractivity contribution is 5.89. The first-order valence-electron chi connectivity index (χ1n) is 5.09. The monoisotopic (exact) mass is 177 g/mol. The minimum atomic E-state index is -0.0480. The van der Waals surface area contributed by atoms with Crippen molar-refractivity contribution in [2.24, 2.45) is 46.7 Å². The SMILES string of the molecule is COC(=O)C12C3C4C5[C@H]3[C@H]1C5(N)C42. The van der Waals surface area contributed by atoms with Crippen molar-refractivity contribution in [3.8, 4) is 0 Å².